The van der Waals surface area contributed by atoms with Crippen LogP contribution in [0.5, 0.6) is 0 Å². The number of imidazole rings is 1. The third-order valence-corrected chi connectivity index (χ3v) is 5.00. The fraction of sp³-hybridized carbons (Fsp3) is 0.571. The Morgan fingerprint density at radius 2 is 2.20 bits per heavy atom. The Balaban J connectivity index is 1.49. The van der Waals surface area contributed by atoms with E-state index in [-0.39, 0.29) is 0 Å². The van der Waals surface area contributed by atoms with Crippen molar-refractivity contribution in [2.45, 2.75) is 37.9 Å². The molecule has 0 saturated carbocycles. The van der Waals surface area contributed by atoms with Crippen LogP contribution in [0.3, 0.4) is 0 Å². The first-order valence-electron chi connectivity index (χ1n) is 7.26. The van der Waals surface area contributed by atoms with Crippen molar-refractivity contribution in [2.75, 3.05) is 13.1 Å². The summed E-state index contributed by atoms with van der Waals surface area (Å²) in [6, 6.07) is 1.39. The van der Waals surface area contributed by atoms with Crippen molar-refractivity contribution in [1.29, 1.82) is 0 Å². The van der Waals surface area contributed by atoms with Crippen LogP contribution in [0.15, 0.2) is 23.2 Å². The van der Waals surface area contributed by atoms with Gasteiger partial charge < -0.3 is 5.32 Å². The van der Waals surface area contributed by atoms with E-state index in [1.54, 1.807) is 6.20 Å². The highest BCUT2D eigenvalue weighted by atomic mass is 79.9. The average Bonchev–Trinajstić information content (AvgIpc) is 3.11. The van der Waals surface area contributed by atoms with E-state index in [0.717, 1.165) is 22.8 Å². The first-order chi connectivity index (χ1) is 9.81. The second kappa shape index (κ2) is 5.09. The fourth-order valence-corrected chi connectivity index (χ4v) is 3.91. The molecule has 2 atom stereocenters. The summed E-state index contributed by atoms with van der Waals surface area (Å²) in [6.45, 7) is 3.41. The van der Waals surface area contributed by atoms with Gasteiger partial charge in [-0.15, -0.1) is 0 Å². The average molecular weight is 336 g/mol. The van der Waals surface area contributed by atoms with Crippen LogP contribution in [-0.4, -0.2) is 44.4 Å². The van der Waals surface area contributed by atoms with Crippen LogP contribution in [0.2, 0.25) is 0 Å². The number of nitrogens with zero attached hydrogens (tertiary/aromatic N) is 4. The molecule has 20 heavy (non-hydrogen) atoms. The molecule has 2 fully saturated rings. The molecule has 4 heterocycles. The van der Waals surface area contributed by atoms with Gasteiger partial charge in [-0.2, -0.15) is 0 Å². The van der Waals surface area contributed by atoms with Gasteiger partial charge in [0.1, 0.15) is 4.60 Å². The predicted octanol–water partition coefficient (Wildman–Crippen LogP) is 1.82. The molecule has 0 spiro atoms. The Morgan fingerprint density at radius 3 is 3.15 bits per heavy atom. The number of rotatable bonds is 3. The van der Waals surface area contributed by atoms with E-state index in [4.69, 9.17) is 0 Å². The van der Waals surface area contributed by atoms with Gasteiger partial charge in [0.25, 0.3) is 0 Å². The van der Waals surface area contributed by atoms with Gasteiger partial charge in [-0.25, -0.2) is 9.97 Å². The van der Waals surface area contributed by atoms with Gasteiger partial charge in [-0.3, -0.25) is 9.30 Å². The summed E-state index contributed by atoms with van der Waals surface area (Å²) in [5, 5.41) is 3.73. The summed E-state index contributed by atoms with van der Waals surface area (Å²) in [7, 11) is 0. The topological polar surface area (TPSA) is 45.5 Å². The second-order valence-electron chi connectivity index (χ2n) is 5.71. The van der Waals surface area contributed by atoms with Crippen LogP contribution in [0.25, 0.3) is 5.65 Å². The minimum Gasteiger partial charge on any atom is -0.307 e. The zero-order chi connectivity index (χ0) is 13.5. The predicted molar refractivity (Wildman–Crippen MR) is 80.5 cm³/mol. The second-order valence-corrected chi connectivity index (χ2v) is 6.52. The van der Waals surface area contributed by atoms with E-state index in [0.29, 0.717) is 6.04 Å². The molecule has 2 aliphatic rings. The molecule has 0 aromatic carbocycles. The lowest BCUT2D eigenvalue weighted by Crippen LogP contribution is -2.38. The van der Waals surface area contributed by atoms with E-state index in [1.165, 1.54) is 38.0 Å². The summed E-state index contributed by atoms with van der Waals surface area (Å²) in [6.07, 6.45) is 9.69. The van der Waals surface area contributed by atoms with E-state index < -0.39 is 0 Å². The van der Waals surface area contributed by atoms with Crippen molar-refractivity contribution < 1.29 is 0 Å². The van der Waals surface area contributed by atoms with E-state index in [2.05, 4.69) is 40.5 Å². The highest BCUT2D eigenvalue weighted by Gasteiger charge is 2.36. The highest BCUT2D eigenvalue weighted by Crippen LogP contribution is 2.28. The number of halogens is 1. The molecule has 6 heteroatoms. The summed E-state index contributed by atoms with van der Waals surface area (Å²) in [5.74, 6) is 0. The van der Waals surface area contributed by atoms with Gasteiger partial charge in [0, 0.05) is 31.4 Å². The summed E-state index contributed by atoms with van der Waals surface area (Å²) < 4.78 is 2.94. The molecular weight excluding hydrogens is 318 g/mol. The lowest BCUT2D eigenvalue weighted by Gasteiger charge is -2.21. The maximum atomic E-state index is 4.40. The summed E-state index contributed by atoms with van der Waals surface area (Å²) >= 11 is 3.42. The standard InChI is InChI=1S/C14H18BrN5/c15-13-9-20-10(7-18-14(20)8-17-13)6-16-11-3-5-19-4-1-2-12(11)19/h7-9,11-12,16H,1-6H2. The number of hydrogen-bond acceptors (Lipinski definition) is 4. The molecule has 1 N–H and O–H groups in total. The highest BCUT2D eigenvalue weighted by molar-refractivity contribution is 9.10. The largest absolute Gasteiger partial charge is 0.307 e. The Morgan fingerprint density at radius 1 is 1.25 bits per heavy atom. The van der Waals surface area contributed by atoms with Crippen LogP contribution in [0, 0.1) is 0 Å². The quantitative estimate of drug-likeness (QED) is 0.929. The molecule has 0 aliphatic carbocycles. The molecule has 106 valence electrons. The van der Waals surface area contributed by atoms with Gasteiger partial charge in [-0.1, -0.05) is 0 Å². The third kappa shape index (κ3) is 2.16. The fourth-order valence-electron chi connectivity index (χ4n) is 3.60. The van der Waals surface area contributed by atoms with Crippen LogP contribution < -0.4 is 5.32 Å². The normalized spacial score (nSPS) is 26.4. The molecule has 2 aliphatic heterocycles. The Hall–Kier alpha value is -0.980. The molecule has 0 bridgehead atoms. The van der Waals surface area contributed by atoms with Crippen molar-refractivity contribution in [2.24, 2.45) is 0 Å². The Labute approximate surface area is 126 Å². The molecule has 2 aromatic rings. The number of fused-ring (bicyclic) bond motifs is 2. The first-order valence-corrected chi connectivity index (χ1v) is 8.05. The lowest BCUT2D eigenvalue weighted by atomic mass is 10.1. The lowest BCUT2D eigenvalue weighted by molar-refractivity contribution is 0.298. The molecule has 2 unspecified atom stereocenters. The van der Waals surface area contributed by atoms with Gasteiger partial charge in [-0.05, 0) is 41.7 Å². The molecule has 4 rings (SSSR count). The summed E-state index contributed by atoms with van der Waals surface area (Å²) in [5.41, 5.74) is 2.10. The first kappa shape index (κ1) is 12.7. The van der Waals surface area contributed by atoms with E-state index >= 15 is 0 Å². The molecule has 2 saturated heterocycles. The number of hydrogen-bond donors (Lipinski definition) is 1. The maximum absolute atomic E-state index is 4.40. The van der Waals surface area contributed by atoms with Crippen molar-refractivity contribution in [1.82, 2.24) is 24.6 Å². The SMILES string of the molecule is Brc1cn2c(CNC3CCN4CCCC34)cnc2cn1. The van der Waals surface area contributed by atoms with Crippen molar-refractivity contribution >= 4 is 21.6 Å². The monoisotopic (exact) mass is 335 g/mol. The molecular formula is C14H18BrN5. The number of aromatic nitrogens is 3. The summed E-state index contributed by atoms with van der Waals surface area (Å²) in [4.78, 5) is 11.2. The smallest absolute Gasteiger partial charge is 0.155 e. The van der Waals surface area contributed by atoms with E-state index in [9.17, 15) is 0 Å². The van der Waals surface area contributed by atoms with Crippen LogP contribution in [-0.2, 0) is 6.54 Å². The molecule has 2 aromatic heterocycles. The van der Waals surface area contributed by atoms with Gasteiger partial charge in [0.05, 0.1) is 18.1 Å². The van der Waals surface area contributed by atoms with Gasteiger partial charge >= 0.3 is 0 Å². The third-order valence-electron chi connectivity index (χ3n) is 4.59. The Bertz CT molecular complexity index is 625. The van der Waals surface area contributed by atoms with Crippen LogP contribution in [0.1, 0.15) is 25.0 Å². The van der Waals surface area contributed by atoms with E-state index in [1.807, 2.05) is 12.4 Å². The number of nitrogens with one attached hydrogen (secondary N) is 1. The minimum atomic E-state index is 0.633. The van der Waals surface area contributed by atoms with Crippen molar-refractivity contribution in [3.63, 3.8) is 0 Å². The minimum absolute atomic E-state index is 0.633. The van der Waals surface area contributed by atoms with Gasteiger partial charge in [0.15, 0.2) is 5.65 Å². The van der Waals surface area contributed by atoms with Crippen LogP contribution >= 0.6 is 15.9 Å². The zero-order valence-corrected chi connectivity index (χ0v) is 12.9. The molecule has 0 amide bonds. The van der Waals surface area contributed by atoms with Crippen molar-refractivity contribution in [3.05, 3.63) is 28.9 Å². The maximum Gasteiger partial charge on any atom is 0.155 e. The zero-order valence-electron chi connectivity index (χ0n) is 11.3. The molecule has 0 radical (unpaired) electrons. The van der Waals surface area contributed by atoms with Crippen molar-refractivity contribution in [3.8, 4) is 0 Å². The van der Waals surface area contributed by atoms with Gasteiger partial charge in [0.2, 0.25) is 0 Å². The molecule has 5 nitrogen and oxygen atoms in total. The Kier molecular flexibility index (Phi) is 3.24. The van der Waals surface area contributed by atoms with Crippen LogP contribution in [0.4, 0.5) is 0 Å².